The van der Waals surface area contributed by atoms with Crippen LogP contribution < -0.4 is 10.6 Å². The van der Waals surface area contributed by atoms with Crippen molar-refractivity contribution in [1.82, 2.24) is 5.32 Å². The van der Waals surface area contributed by atoms with E-state index in [-0.39, 0.29) is 12.5 Å². The number of amides is 2. The van der Waals surface area contributed by atoms with Crippen molar-refractivity contribution < 1.29 is 19.1 Å². The number of rotatable bonds is 8. The molecule has 0 heterocycles. The molecule has 0 unspecified atom stereocenters. The zero-order valence-electron chi connectivity index (χ0n) is 17.4. The fraction of sp³-hybridized carbons (Fsp3) is 0.348. The average Bonchev–Trinajstić information content (AvgIpc) is 2.68. The molecule has 6 nitrogen and oxygen atoms in total. The number of benzene rings is 2. The first-order valence-electron chi connectivity index (χ1n) is 9.65. The van der Waals surface area contributed by atoms with E-state index in [1.807, 2.05) is 38.1 Å². The first-order chi connectivity index (χ1) is 13.8. The second kappa shape index (κ2) is 10.4. The SMILES string of the molecule is Cc1cccc(NC(=O)CNC(=O)COC(=O)c2ccc(CC(C)C)cc2)c1C. The quantitative estimate of drug-likeness (QED) is 0.670. The summed E-state index contributed by atoms with van der Waals surface area (Å²) in [6.45, 7) is 7.49. The van der Waals surface area contributed by atoms with Crippen LogP contribution in [0.5, 0.6) is 0 Å². The van der Waals surface area contributed by atoms with Gasteiger partial charge in [0.25, 0.3) is 5.91 Å². The lowest BCUT2D eigenvalue weighted by atomic mass is 10.0. The number of carbonyl (C=O) groups is 3. The van der Waals surface area contributed by atoms with Crippen molar-refractivity contribution in [3.05, 3.63) is 64.7 Å². The number of hydrogen-bond donors (Lipinski definition) is 2. The van der Waals surface area contributed by atoms with Gasteiger partial charge in [-0.15, -0.1) is 0 Å². The molecule has 0 aromatic heterocycles. The first kappa shape index (κ1) is 22.1. The third-order valence-electron chi connectivity index (χ3n) is 4.49. The van der Waals surface area contributed by atoms with E-state index in [1.165, 1.54) is 0 Å². The number of nitrogens with one attached hydrogen (secondary N) is 2. The number of ether oxygens (including phenoxy) is 1. The van der Waals surface area contributed by atoms with E-state index in [0.29, 0.717) is 17.2 Å². The Morgan fingerprint density at radius 2 is 1.66 bits per heavy atom. The van der Waals surface area contributed by atoms with E-state index in [9.17, 15) is 14.4 Å². The monoisotopic (exact) mass is 396 g/mol. The lowest BCUT2D eigenvalue weighted by Gasteiger charge is -2.11. The summed E-state index contributed by atoms with van der Waals surface area (Å²) in [5.41, 5.74) is 4.27. The van der Waals surface area contributed by atoms with Gasteiger partial charge in [-0.2, -0.15) is 0 Å². The summed E-state index contributed by atoms with van der Waals surface area (Å²) in [5, 5.41) is 5.20. The van der Waals surface area contributed by atoms with Gasteiger partial charge in [0.2, 0.25) is 5.91 Å². The standard InChI is InChI=1S/C23H28N2O4/c1-15(2)12-18-8-10-19(11-9-18)23(28)29-14-22(27)24-13-21(26)25-20-7-5-6-16(3)17(20)4/h5-11,15H,12-14H2,1-4H3,(H,24,27)(H,25,26). The van der Waals surface area contributed by atoms with E-state index < -0.39 is 18.5 Å². The van der Waals surface area contributed by atoms with Gasteiger partial charge in [-0.1, -0.05) is 38.1 Å². The Morgan fingerprint density at radius 1 is 0.966 bits per heavy atom. The van der Waals surface area contributed by atoms with Crippen LogP contribution >= 0.6 is 0 Å². The zero-order chi connectivity index (χ0) is 21.4. The molecule has 0 aliphatic carbocycles. The molecule has 29 heavy (non-hydrogen) atoms. The molecule has 0 aliphatic heterocycles. The molecule has 0 fully saturated rings. The fourth-order valence-electron chi connectivity index (χ4n) is 2.77. The maximum absolute atomic E-state index is 12.0. The lowest BCUT2D eigenvalue weighted by Crippen LogP contribution is -2.35. The number of hydrogen-bond acceptors (Lipinski definition) is 4. The molecule has 0 saturated heterocycles. The van der Waals surface area contributed by atoms with Crippen LogP contribution in [0.1, 0.15) is 40.9 Å². The highest BCUT2D eigenvalue weighted by Crippen LogP contribution is 2.17. The van der Waals surface area contributed by atoms with Crippen molar-refractivity contribution in [2.24, 2.45) is 5.92 Å². The van der Waals surface area contributed by atoms with E-state index >= 15 is 0 Å². The van der Waals surface area contributed by atoms with Gasteiger partial charge in [0.15, 0.2) is 6.61 Å². The fourth-order valence-corrected chi connectivity index (χ4v) is 2.77. The number of carbonyl (C=O) groups excluding carboxylic acids is 3. The summed E-state index contributed by atoms with van der Waals surface area (Å²) >= 11 is 0. The molecule has 154 valence electrons. The minimum atomic E-state index is -0.573. The second-order valence-corrected chi connectivity index (χ2v) is 7.44. The van der Waals surface area contributed by atoms with Crippen LogP contribution in [-0.4, -0.2) is 30.9 Å². The van der Waals surface area contributed by atoms with Crippen molar-refractivity contribution in [2.75, 3.05) is 18.5 Å². The third kappa shape index (κ3) is 7.07. The topological polar surface area (TPSA) is 84.5 Å². The molecule has 0 saturated carbocycles. The molecule has 0 spiro atoms. The van der Waals surface area contributed by atoms with Gasteiger partial charge in [0.1, 0.15) is 0 Å². The average molecular weight is 396 g/mol. The largest absolute Gasteiger partial charge is 0.452 e. The first-order valence-corrected chi connectivity index (χ1v) is 9.65. The summed E-state index contributed by atoms with van der Waals surface area (Å²) in [6.07, 6.45) is 0.932. The minimum absolute atomic E-state index is 0.201. The molecule has 2 aromatic carbocycles. The summed E-state index contributed by atoms with van der Waals surface area (Å²) < 4.78 is 5.01. The Morgan fingerprint density at radius 3 is 2.31 bits per heavy atom. The zero-order valence-corrected chi connectivity index (χ0v) is 17.4. The molecule has 0 radical (unpaired) electrons. The van der Waals surface area contributed by atoms with Gasteiger partial charge in [0, 0.05) is 5.69 Å². The highest BCUT2D eigenvalue weighted by Gasteiger charge is 2.12. The van der Waals surface area contributed by atoms with Crippen LogP contribution in [0, 0.1) is 19.8 Å². The summed E-state index contributed by atoms with van der Waals surface area (Å²) in [7, 11) is 0. The van der Waals surface area contributed by atoms with Crippen LogP contribution in [0.2, 0.25) is 0 Å². The van der Waals surface area contributed by atoms with Gasteiger partial charge in [-0.25, -0.2) is 4.79 Å². The normalized spacial score (nSPS) is 10.5. The minimum Gasteiger partial charge on any atom is -0.452 e. The molecule has 2 rings (SSSR count). The Kier molecular flexibility index (Phi) is 7.95. The van der Waals surface area contributed by atoms with Gasteiger partial charge in [-0.3, -0.25) is 9.59 Å². The predicted molar refractivity (Wildman–Crippen MR) is 113 cm³/mol. The van der Waals surface area contributed by atoms with Crippen LogP contribution in [0.4, 0.5) is 5.69 Å². The maximum Gasteiger partial charge on any atom is 0.338 e. The Labute approximate surface area is 171 Å². The Bertz CT molecular complexity index is 873. The second-order valence-electron chi connectivity index (χ2n) is 7.44. The molecule has 2 amide bonds. The molecule has 0 aliphatic rings. The summed E-state index contributed by atoms with van der Waals surface area (Å²) in [4.78, 5) is 35.9. The van der Waals surface area contributed by atoms with E-state index in [1.54, 1.807) is 18.2 Å². The van der Waals surface area contributed by atoms with E-state index in [4.69, 9.17) is 4.74 Å². The molecule has 2 N–H and O–H groups in total. The van der Waals surface area contributed by atoms with Crippen molar-refractivity contribution in [3.63, 3.8) is 0 Å². The molecular weight excluding hydrogens is 368 g/mol. The molecule has 0 atom stereocenters. The maximum atomic E-state index is 12.0. The molecule has 6 heteroatoms. The summed E-state index contributed by atoms with van der Waals surface area (Å²) in [5.74, 6) is -0.926. The number of aryl methyl sites for hydroxylation is 1. The smallest absolute Gasteiger partial charge is 0.338 e. The Balaban J connectivity index is 1.75. The molecule has 2 aromatic rings. The highest BCUT2D eigenvalue weighted by atomic mass is 16.5. The molecular formula is C23H28N2O4. The lowest BCUT2D eigenvalue weighted by molar-refractivity contribution is -0.126. The van der Waals surface area contributed by atoms with Crippen molar-refractivity contribution >= 4 is 23.5 Å². The van der Waals surface area contributed by atoms with Gasteiger partial charge in [-0.05, 0) is 61.1 Å². The summed E-state index contributed by atoms with van der Waals surface area (Å²) in [6, 6.07) is 12.8. The van der Waals surface area contributed by atoms with Crippen LogP contribution in [-0.2, 0) is 20.7 Å². The van der Waals surface area contributed by atoms with Gasteiger partial charge in [0.05, 0.1) is 12.1 Å². The van der Waals surface area contributed by atoms with E-state index in [0.717, 1.165) is 23.1 Å². The highest BCUT2D eigenvalue weighted by molar-refractivity contribution is 5.96. The number of anilines is 1. The van der Waals surface area contributed by atoms with Crippen molar-refractivity contribution in [1.29, 1.82) is 0 Å². The third-order valence-corrected chi connectivity index (χ3v) is 4.49. The van der Waals surface area contributed by atoms with E-state index in [2.05, 4.69) is 24.5 Å². The van der Waals surface area contributed by atoms with Gasteiger partial charge < -0.3 is 15.4 Å². The van der Waals surface area contributed by atoms with Gasteiger partial charge >= 0.3 is 5.97 Å². The van der Waals surface area contributed by atoms with Crippen LogP contribution in [0.3, 0.4) is 0 Å². The van der Waals surface area contributed by atoms with Crippen LogP contribution in [0.15, 0.2) is 42.5 Å². The predicted octanol–water partition coefficient (Wildman–Crippen LogP) is 3.41. The van der Waals surface area contributed by atoms with Crippen molar-refractivity contribution in [2.45, 2.75) is 34.1 Å². The van der Waals surface area contributed by atoms with Crippen LogP contribution in [0.25, 0.3) is 0 Å². The molecule has 0 bridgehead atoms. The Hall–Kier alpha value is -3.15. The number of esters is 1. The van der Waals surface area contributed by atoms with Crippen molar-refractivity contribution in [3.8, 4) is 0 Å².